The van der Waals surface area contributed by atoms with E-state index >= 15 is 0 Å². The summed E-state index contributed by atoms with van der Waals surface area (Å²) in [5.41, 5.74) is 6.28. The van der Waals surface area contributed by atoms with Crippen molar-refractivity contribution in [2.45, 2.75) is 58.2 Å². The highest BCUT2D eigenvalue weighted by Gasteiger charge is 2.25. The highest BCUT2D eigenvalue weighted by molar-refractivity contribution is 5.99. The summed E-state index contributed by atoms with van der Waals surface area (Å²) in [7, 11) is 0. The minimum atomic E-state index is -0.757. The minimum absolute atomic E-state index is 0.0359. The largest absolute Gasteiger partial charge is 0.462 e. The van der Waals surface area contributed by atoms with Gasteiger partial charge in [-0.05, 0) is 31.9 Å². The number of carbonyl (C=O) groups excluding carboxylic acids is 4. The fraction of sp³-hybridized carbons (Fsp3) is 0.522. The summed E-state index contributed by atoms with van der Waals surface area (Å²) < 4.78 is 10.1. The van der Waals surface area contributed by atoms with Crippen LogP contribution in [0.2, 0.25) is 0 Å². The molecule has 0 aromatic heterocycles. The highest BCUT2D eigenvalue weighted by atomic mass is 16.5. The number of carbonyl (C=O) groups is 4. The van der Waals surface area contributed by atoms with E-state index in [1.165, 1.54) is 31.2 Å². The summed E-state index contributed by atoms with van der Waals surface area (Å²) in [6.45, 7) is 4.23. The molecule has 0 aliphatic carbocycles. The van der Waals surface area contributed by atoms with E-state index in [0.29, 0.717) is 49.9 Å². The van der Waals surface area contributed by atoms with Crippen molar-refractivity contribution in [3.8, 4) is 0 Å². The molecule has 35 heavy (non-hydrogen) atoms. The zero-order chi connectivity index (χ0) is 25.8. The Morgan fingerprint density at radius 1 is 1.14 bits per heavy atom. The molecule has 0 radical (unpaired) electrons. The summed E-state index contributed by atoms with van der Waals surface area (Å²) >= 11 is 0. The number of esters is 1. The average Bonchev–Trinajstić information content (AvgIpc) is 2.83. The molecule has 0 spiro atoms. The molecular formula is C23H33N5O7. The third-order valence-corrected chi connectivity index (χ3v) is 5.43. The number of nitrogens with two attached hydrogens (primary N) is 1. The predicted octanol–water partition coefficient (Wildman–Crippen LogP) is 1.31. The first-order valence-electron chi connectivity index (χ1n) is 11.5. The predicted molar refractivity (Wildman–Crippen MR) is 126 cm³/mol. The first kappa shape index (κ1) is 27.4. The van der Waals surface area contributed by atoms with Gasteiger partial charge < -0.3 is 35.9 Å². The zero-order valence-electron chi connectivity index (χ0n) is 20.0. The molecule has 1 saturated heterocycles. The first-order chi connectivity index (χ1) is 16.7. The molecule has 0 saturated carbocycles. The van der Waals surface area contributed by atoms with Crippen molar-refractivity contribution in [3.63, 3.8) is 0 Å². The standard InChI is InChI=1S/C23H33N5O7/c1-3-34-23(32)26-19(25-22(31)17-9-7-16(8-10-17)21(24)27-33)5-4-6-20(30)28-13-11-18(12-14-28)35-15(2)29/h7-10,18-19,33H,3-6,11-14H2,1-2H3,(H2,24,27)(H,25,31)(H,26,32). The van der Waals surface area contributed by atoms with E-state index in [9.17, 15) is 19.2 Å². The number of benzene rings is 1. The summed E-state index contributed by atoms with van der Waals surface area (Å²) in [4.78, 5) is 50.0. The Bertz CT molecular complexity index is 911. The number of alkyl carbamates (subject to hydrolysis) is 1. The zero-order valence-corrected chi connectivity index (χ0v) is 20.0. The lowest BCUT2D eigenvalue weighted by Crippen LogP contribution is -2.48. The van der Waals surface area contributed by atoms with Gasteiger partial charge in [0.1, 0.15) is 12.3 Å². The number of nitrogens with one attached hydrogen (secondary N) is 2. The van der Waals surface area contributed by atoms with Crippen LogP contribution in [0, 0.1) is 0 Å². The lowest BCUT2D eigenvalue weighted by Gasteiger charge is -2.31. The molecule has 0 bridgehead atoms. The molecule has 5 N–H and O–H groups in total. The lowest BCUT2D eigenvalue weighted by molar-refractivity contribution is -0.149. The van der Waals surface area contributed by atoms with Gasteiger partial charge in [-0.3, -0.25) is 14.4 Å². The Labute approximate surface area is 203 Å². The number of nitrogens with zero attached hydrogens (tertiary/aromatic N) is 2. The molecule has 1 aromatic rings. The van der Waals surface area contributed by atoms with Crippen LogP contribution in [0.3, 0.4) is 0 Å². The normalized spacial score (nSPS) is 15.1. The molecule has 2 rings (SSSR count). The Morgan fingerprint density at radius 2 is 1.77 bits per heavy atom. The van der Waals surface area contributed by atoms with Crippen LogP contribution in [0.5, 0.6) is 0 Å². The van der Waals surface area contributed by atoms with E-state index < -0.39 is 18.2 Å². The molecule has 1 atom stereocenters. The topological polar surface area (TPSA) is 173 Å². The van der Waals surface area contributed by atoms with E-state index in [0.717, 1.165) is 0 Å². The van der Waals surface area contributed by atoms with Crippen LogP contribution in [0.15, 0.2) is 29.4 Å². The van der Waals surface area contributed by atoms with Crippen LogP contribution in [0.25, 0.3) is 0 Å². The fourth-order valence-corrected chi connectivity index (χ4v) is 3.66. The number of hydrogen-bond donors (Lipinski definition) is 4. The van der Waals surface area contributed by atoms with Gasteiger partial charge in [-0.1, -0.05) is 17.3 Å². The molecule has 1 heterocycles. The fourth-order valence-electron chi connectivity index (χ4n) is 3.66. The van der Waals surface area contributed by atoms with Gasteiger partial charge in [-0.2, -0.15) is 0 Å². The molecular weight excluding hydrogens is 458 g/mol. The van der Waals surface area contributed by atoms with Crippen LogP contribution in [-0.2, 0) is 19.1 Å². The molecule has 12 heteroatoms. The summed E-state index contributed by atoms with van der Waals surface area (Å²) in [5, 5.41) is 17.0. The van der Waals surface area contributed by atoms with Crippen LogP contribution >= 0.6 is 0 Å². The second-order valence-electron chi connectivity index (χ2n) is 8.04. The minimum Gasteiger partial charge on any atom is -0.462 e. The second-order valence-corrected chi connectivity index (χ2v) is 8.04. The number of rotatable bonds is 10. The van der Waals surface area contributed by atoms with Gasteiger partial charge in [0, 0.05) is 50.4 Å². The second kappa shape index (κ2) is 13.8. The van der Waals surface area contributed by atoms with Crippen molar-refractivity contribution < 1.29 is 33.9 Å². The average molecular weight is 492 g/mol. The van der Waals surface area contributed by atoms with Crippen molar-refractivity contribution in [3.05, 3.63) is 35.4 Å². The Hall–Kier alpha value is -3.83. The quantitative estimate of drug-likeness (QED) is 0.0947. The number of hydrogen-bond acceptors (Lipinski definition) is 8. The van der Waals surface area contributed by atoms with Gasteiger partial charge in [-0.25, -0.2) is 4.79 Å². The van der Waals surface area contributed by atoms with Gasteiger partial charge in [0.05, 0.1) is 6.61 Å². The number of likely N-dealkylation sites (tertiary alicyclic amines) is 1. The van der Waals surface area contributed by atoms with Gasteiger partial charge in [0.15, 0.2) is 5.84 Å². The lowest BCUT2D eigenvalue weighted by atomic mass is 10.1. The van der Waals surface area contributed by atoms with Crippen molar-refractivity contribution >= 4 is 29.7 Å². The van der Waals surface area contributed by atoms with Crippen molar-refractivity contribution in [2.24, 2.45) is 10.9 Å². The molecule has 3 amide bonds. The maximum atomic E-state index is 12.7. The summed E-state index contributed by atoms with van der Waals surface area (Å²) in [6, 6.07) is 6.07. The van der Waals surface area contributed by atoms with E-state index in [1.807, 2.05) is 0 Å². The van der Waals surface area contributed by atoms with E-state index in [2.05, 4.69) is 15.8 Å². The van der Waals surface area contributed by atoms with Crippen LogP contribution in [0.4, 0.5) is 4.79 Å². The number of oxime groups is 1. The SMILES string of the molecule is CCOC(=O)NC(CCCC(=O)N1CCC(OC(C)=O)CC1)NC(=O)c1ccc(C(N)=NO)cc1. The Balaban J connectivity index is 1.89. The maximum Gasteiger partial charge on any atom is 0.408 e. The van der Waals surface area contributed by atoms with Crippen molar-refractivity contribution in [1.29, 1.82) is 0 Å². The highest BCUT2D eigenvalue weighted by Crippen LogP contribution is 2.16. The molecule has 12 nitrogen and oxygen atoms in total. The van der Waals surface area contributed by atoms with E-state index in [-0.39, 0.29) is 36.8 Å². The summed E-state index contributed by atoms with van der Waals surface area (Å²) in [6.07, 6.45) is 0.568. The molecule has 1 unspecified atom stereocenters. The van der Waals surface area contributed by atoms with Gasteiger partial charge in [0.25, 0.3) is 5.91 Å². The molecule has 1 fully saturated rings. The number of amidine groups is 1. The molecule has 1 aliphatic heterocycles. The maximum absolute atomic E-state index is 12.7. The smallest absolute Gasteiger partial charge is 0.408 e. The number of amides is 3. The van der Waals surface area contributed by atoms with Gasteiger partial charge >= 0.3 is 12.1 Å². The van der Waals surface area contributed by atoms with Crippen LogP contribution in [-0.4, -0.2) is 71.8 Å². The number of piperidine rings is 1. The first-order valence-corrected chi connectivity index (χ1v) is 11.5. The van der Waals surface area contributed by atoms with E-state index in [1.54, 1.807) is 11.8 Å². The van der Waals surface area contributed by atoms with Crippen LogP contribution in [0.1, 0.15) is 61.9 Å². The van der Waals surface area contributed by atoms with E-state index in [4.69, 9.17) is 20.4 Å². The third-order valence-electron chi connectivity index (χ3n) is 5.43. The molecule has 192 valence electrons. The van der Waals surface area contributed by atoms with Crippen molar-refractivity contribution in [1.82, 2.24) is 15.5 Å². The third kappa shape index (κ3) is 9.14. The van der Waals surface area contributed by atoms with Gasteiger partial charge in [-0.15, -0.1) is 0 Å². The Kier molecular flexibility index (Phi) is 10.8. The summed E-state index contributed by atoms with van der Waals surface area (Å²) in [5.74, 6) is -0.891. The van der Waals surface area contributed by atoms with Crippen LogP contribution < -0.4 is 16.4 Å². The Morgan fingerprint density at radius 3 is 2.34 bits per heavy atom. The monoisotopic (exact) mass is 491 g/mol. The number of ether oxygens (including phenoxy) is 2. The molecule has 1 aliphatic rings. The van der Waals surface area contributed by atoms with Gasteiger partial charge in [0.2, 0.25) is 5.91 Å². The molecule has 1 aromatic carbocycles. The van der Waals surface area contributed by atoms with Crippen molar-refractivity contribution in [2.75, 3.05) is 19.7 Å².